The molecule has 1 atom stereocenters. The van der Waals surface area contributed by atoms with Crippen LogP contribution in [-0.4, -0.2) is 16.9 Å². The number of rotatable bonds is 3. The van der Waals surface area contributed by atoms with Gasteiger partial charge < -0.3 is 5.32 Å². The molecule has 5 nitrogen and oxygen atoms in total. The molecule has 0 aliphatic heterocycles. The lowest BCUT2D eigenvalue weighted by molar-refractivity contribution is -0.384. The molecule has 1 aliphatic rings. The molecule has 1 aromatic rings. The summed E-state index contributed by atoms with van der Waals surface area (Å²) in [5.74, 6) is -0.223. The molecule has 1 aromatic carbocycles. The van der Waals surface area contributed by atoms with E-state index in [4.69, 9.17) is 0 Å². The molecule has 20 heavy (non-hydrogen) atoms. The van der Waals surface area contributed by atoms with Gasteiger partial charge >= 0.3 is 0 Å². The van der Waals surface area contributed by atoms with Crippen molar-refractivity contribution in [3.63, 3.8) is 0 Å². The van der Waals surface area contributed by atoms with E-state index >= 15 is 0 Å². The molecule has 1 aliphatic carbocycles. The molecule has 0 heterocycles. The molecule has 0 radical (unpaired) electrons. The number of nitrogens with one attached hydrogen (secondary N) is 1. The Bertz CT molecular complexity index is 552. The second-order valence-corrected chi connectivity index (χ2v) is 6.39. The van der Waals surface area contributed by atoms with Crippen LogP contribution in [0, 0.1) is 22.5 Å². The minimum Gasteiger partial charge on any atom is -0.349 e. The van der Waals surface area contributed by atoms with Gasteiger partial charge in [-0.1, -0.05) is 13.8 Å². The third kappa shape index (κ3) is 3.35. The zero-order valence-corrected chi connectivity index (χ0v) is 12.1. The van der Waals surface area contributed by atoms with Crippen LogP contribution in [0.1, 0.15) is 49.0 Å². The monoisotopic (exact) mass is 276 g/mol. The highest BCUT2D eigenvalue weighted by molar-refractivity contribution is 5.95. The average Bonchev–Trinajstić information content (AvgIpc) is 2.67. The molecule has 5 heteroatoms. The molecule has 1 saturated carbocycles. The number of hydrogen-bond donors (Lipinski definition) is 1. The Labute approximate surface area is 118 Å². The number of hydrogen-bond acceptors (Lipinski definition) is 3. The summed E-state index contributed by atoms with van der Waals surface area (Å²) in [7, 11) is 0. The summed E-state index contributed by atoms with van der Waals surface area (Å²) < 4.78 is 0. The Balaban J connectivity index is 2.12. The minimum atomic E-state index is -0.470. The van der Waals surface area contributed by atoms with Gasteiger partial charge in [0.05, 0.1) is 4.92 Å². The first-order valence-corrected chi connectivity index (χ1v) is 6.84. The first-order valence-electron chi connectivity index (χ1n) is 6.84. The summed E-state index contributed by atoms with van der Waals surface area (Å²) in [6, 6.07) is 4.65. The van der Waals surface area contributed by atoms with E-state index in [9.17, 15) is 14.9 Å². The zero-order chi connectivity index (χ0) is 14.9. The first-order chi connectivity index (χ1) is 9.27. The molecular formula is C15H20N2O3. The Morgan fingerprint density at radius 1 is 1.40 bits per heavy atom. The van der Waals surface area contributed by atoms with Gasteiger partial charge in [0.25, 0.3) is 11.6 Å². The summed E-state index contributed by atoms with van der Waals surface area (Å²) in [5.41, 5.74) is 1.30. The van der Waals surface area contributed by atoms with Crippen molar-refractivity contribution in [2.24, 2.45) is 5.41 Å². The predicted molar refractivity (Wildman–Crippen MR) is 76.7 cm³/mol. The van der Waals surface area contributed by atoms with Crippen molar-refractivity contribution < 1.29 is 9.72 Å². The molecule has 0 spiro atoms. The van der Waals surface area contributed by atoms with Gasteiger partial charge in [-0.05, 0) is 43.2 Å². The first kappa shape index (κ1) is 14.5. The van der Waals surface area contributed by atoms with Gasteiger partial charge in [0.15, 0.2) is 0 Å². The average molecular weight is 276 g/mol. The van der Waals surface area contributed by atoms with E-state index in [1.165, 1.54) is 12.1 Å². The maximum Gasteiger partial charge on any atom is 0.270 e. The van der Waals surface area contributed by atoms with Crippen molar-refractivity contribution in [2.45, 2.75) is 46.1 Å². The summed E-state index contributed by atoms with van der Waals surface area (Å²) >= 11 is 0. The quantitative estimate of drug-likeness (QED) is 0.680. The highest BCUT2D eigenvalue weighted by atomic mass is 16.6. The molecule has 1 amide bonds. The predicted octanol–water partition coefficient (Wildman–Crippen LogP) is 3.21. The maximum absolute atomic E-state index is 12.2. The number of carbonyl (C=O) groups excluding carboxylic acids is 1. The maximum atomic E-state index is 12.2. The van der Waals surface area contributed by atoms with Crippen LogP contribution in [0.3, 0.4) is 0 Å². The molecule has 0 aromatic heterocycles. The van der Waals surface area contributed by atoms with E-state index in [0.717, 1.165) is 24.8 Å². The second-order valence-electron chi connectivity index (χ2n) is 6.39. The number of benzene rings is 1. The van der Waals surface area contributed by atoms with Gasteiger partial charge in [0.2, 0.25) is 0 Å². The van der Waals surface area contributed by atoms with Crippen molar-refractivity contribution in [1.29, 1.82) is 0 Å². The molecule has 108 valence electrons. The molecule has 1 fully saturated rings. The molecule has 0 saturated heterocycles. The van der Waals surface area contributed by atoms with E-state index in [0.29, 0.717) is 5.56 Å². The van der Waals surface area contributed by atoms with Crippen LogP contribution in [0.5, 0.6) is 0 Å². The smallest absolute Gasteiger partial charge is 0.270 e. The summed E-state index contributed by atoms with van der Waals surface area (Å²) in [6.45, 7) is 6.13. The number of non-ortho nitro benzene ring substituents is 1. The fourth-order valence-electron chi connectivity index (χ4n) is 2.83. The zero-order valence-electron chi connectivity index (χ0n) is 12.1. The van der Waals surface area contributed by atoms with Crippen LogP contribution in [0.15, 0.2) is 18.2 Å². The number of aryl methyl sites for hydroxylation is 1. The fraction of sp³-hybridized carbons (Fsp3) is 0.533. The number of amides is 1. The lowest BCUT2D eigenvalue weighted by Gasteiger charge is -2.18. The SMILES string of the molecule is Cc1cc(C(=O)NC2CCC(C)(C)C2)cc([N+](=O)[O-])c1. The third-order valence-corrected chi connectivity index (χ3v) is 3.84. The second kappa shape index (κ2) is 5.23. The Morgan fingerprint density at radius 3 is 2.65 bits per heavy atom. The van der Waals surface area contributed by atoms with Crippen LogP contribution in [0.2, 0.25) is 0 Å². The van der Waals surface area contributed by atoms with E-state index in [1.54, 1.807) is 13.0 Å². The van der Waals surface area contributed by atoms with Gasteiger partial charge in [0, 0.05) is 23.7 Å². The van der Waals surface area contributed by atoms with Gasteiger partial charge in [-0.25, -0.2) is 0 Å². The topological polar surface area (TPSA) is 72.2 Å². The van der Waals surface area contributed by atoms with Crippen molar-refractivity contribution in [3.05, 3.63) is 39.4 Å². The van der Waals surface area contributed by atoms with Crippen LogP contribution in [0.25, 0.3) is 0 Å². The largest absolute Gasteiger partial charge is 0.349 e. The van der Waals surface area contributed by atoms with E-state index in [-0.39, 0.29) is 23.1 Å². The van der Waals surface area contributed by atoms with Gasteiger partial charge in [-0.3, -0.25) is 14.9 Å². The molecular weight excluding hydrogens is 256 g/mol. The van der Waals surface area contributed by atoms with E-state index in [2.05, 4.69) is 19.2 Å². The Kier molecular flexibility index (Phi) is 3.79. The molecule has 0 bridgehead atoms. The highest BCUT2D eigenvalue weighted by Gasteiger charge is 2.31. The highest BCUT2D eigenvalue weighted by Crippen LogP contribution is 2.37. The molecule has 1 N–H and O–H groups in total. The summed E-state index contributed by atoms with van der Waals surface area (Å²) in [4.78, 5) is 22.6. The van der Waals surface area contributed by atoms with Crippen LogP contribution in [0.4, 0.5) is 5.69 Å². The normalized spacial score (nSPS) is 20.6. The van der Waals surface area contributed by atoms with Crippen molar-refractivity contribution in [2.75, 3.05) is 0 Å². The van der Waals surface area contributed by atoms with Crippen molar-refractivity contribution in [3.8, 4) is 0 Å². The number of nitrogens with zero attached hydrogens (tertiary/aromatic N) is 1. The van der Waals surface area contributed by atoms with Gasteiger partial charge in [-0.15, -0.1) is 0 Å². The number of nitro groups is 1. The van der Waals surface area contributed by atoms with Crippen LogP contribution in [-0.2, 0) is 0 Å². The molecule has 2 rings (SSSR count). The lowest BCUT2D eigenvalue weighted by atomic mass is 9.92. The van der Waals surface area contributed by atoms with Gasteiger partial charge in [0.1, 0.15) is 0 Å². The summed E-state index contributed by atoms with van der Waals surface area (Å²) in [6.07, 6.45) is 3.01. The van der Waals surface area contributed by atoms with Crippen molar-refractivity contribution >= 4 is 11.6 Å². The van der Waals surface area contributed by atoms with Gasteiger partial charge in [-0.2, -0.15) is 0 Å². The lowest BCUT2D eigenvalue weighted by Crippen LogP contribution is -2.33. The standard InChI is InChI=1S/C15H20N2O3/c1-10-6-11(8-13(7-10)17(19)20)14(18)16-12-4-5-15(2,3)9-12/h6-8,12H,4-5,9H2,1-3H3,(H,16,18). The van der Waals surface area contributed by atoms with Crippen molar-refractivity contribution in [1.82, 2.24) is 5.32 Å². The molecule has 1 unspecified atom stereocenters. The van der Waals surface area contributed by atoms with Crippen LogP contribution >= 0.6 is 0 Å². The Hall–Kier alpha value is -1.91. The number of carbonyl (C=O) groups is 1. The number of nitro benzene ring substituents is 1. The third-order valence-electron chi connectivity index (χ3n) is 3.84. The summed E-state index contributed by atoms with van der Waals surface area (Å²) in [5, 5.41) is 13.8. The van der Waals surface area contributed by atoms with Crippen LogP contribution < -0.4 is 5.32 Å². The Morgan fingerprint density at radius 2 is 2.10 bits per heavy atom. The fourth-order valence-corrected chi connectivity index (χ4v) is 2.83. The van der Waals surface area contributed by atoms with E-state index in [1.807, 2.05) is 0 Å². The van der Waals surface area contributed by atoms with E-state index < -0.39 is 4.92 Å². The minimum absolute atomic E-state index is 0.0399.